The molecule has 3 aromatic rings. The van der Waals surface area contributed by atoms with Crippen LogP contribution in [0, 0.1) is 0 Å². The number of carbonyl (C=O) groups excluding carboxylic acids is 1. The van der Waals surface area contributed by atoms with Gasteiger partial charge in [-0.1, -0.05) is 87.4 Å². The molecule has 168 valence electrons. The van der Waals surface area contributed by atoms with Crippen molar-refractivity contribution < 1.29 is 13.9 Å². The van der Waals surface area contributed by atoms with Gasteiger partial charge in [0, 0.05) is 0 Å². The van der Waals surface area contributed by atoms with E-state index in [1.165, 1.54) is 30.9 Å². The van der Waals surface area contributed by atoms with Crippen molar-refractivity contribution in [2.45, 2.75) is 65.0 Å². The minimum absolute atomic E-state index is 0.172. The normalized spacial score (nSPS) is 12.9. The van der Waals surface area contributed by atoms with Crippen LogP contribution in [0.25, 0.3) is 22.3 Å². The van der Waals surface area contributed by atoms with Crippen molar-refractivity contribution in [3.05, 3.63) is 78.4 Å². The van der Waals surface area contributed by atoms with Crippen LogP contribution < -0.4 is 4.74 Å². The predicted octanol–water partition coefficient (Wildman–Crippen LogP) is 8.19. The molecule has 0 aliphatic carbocycles. The monoisotopic (exact) mass is 432 g/mol. The fraction of sp³-hybridized carbons (Fsp3) is 0.345. The molecule has 3 heteroatoms. The lowest BCUT2D eigenvalue weighted by molar-refractivity contribution is -0.147. The molecule has 0 saturated heterocycles. The summed E-state index contributed by atoms with van der Waals surface area (Å²) in [5, 5.41) is 0. The van der Waals surface area contributed by atoms with Crippen molar-refractivity contribution in [1.82, 2.24) is 0 Å². The van der Waals surface area contributed by atoms with Crippen LogP contribution in [0.5, 0.6) is 5.75 Å². The molecule has 0 N–H and O–H groups in total. The van der Waals surface area contributed by atoms with Crippen molar-refractivity contribution in [3.8, 4) is 28.0 Å². The molecule has 0 aliphatic heterocycles. The number of carbonyl (C=O) groups is 1. The second-order valence-corrected chi connectivity index (χ2v) is 8.56. The van der Waals surface area contributed by atoms with Gasteiger partial charge in [0.1, 0.15) is 5.75 Å². The zero-order valence-corrected chi connectivity index (χ0v) is 19.4. The van der Waals surface area contributed by atoms with Gasteiger partial charge in [0.05, 0.1) is 0 Å². The quantitative estimate of drug-likeness (QED) is 0.238. The third-order valence-electron chi connectivity index (χ3n) is 5.81. The zero-order valence-electron chi connectivity index (χ0n) is 19.4. The van der Waals surface area contributed by atoms with E-state index in [9.17, 15) is 9.18 Å². The lowest BCUT2D eigenvalue weighted by Gasteiger charge is -2.18. The van der Waals surface area contributed by atoms with Crippen LogP contribution in [0.15, 0.2) is 72.8 Å². The topological polar surface area (TPSA) is 26.3 Å². The van der Waals surface area contributed by atoms with Crippen LogP contribution in [0.4, 0.5) is 4.39 Å². The number of ether oxygens (including phenoxy) is 1. The second-order valence-electron chi connectivity index (χ2n) is 8.56. The molecule has 3 rings (SSSR count). The van der Waals surface area contributed by atoms with Gasteiger partial charge in [-0.3, -0.25) is 0 Å². The molecule has 1 unspecified atom stereocenters. The standard InChI is InChI=1S/C29H33FO2/c1-4-6-10-22-13-15-23(16-14-22)26-11-8-9-12-27(26)24-17-19-25(20-18-24)32-28(31)29(3,30)21-7-5-2/h8-9,11-20H,4-7,10,21H2,1-3H3. The smallest absolute Gasteiger partial charge is 0.348 e. The molecular weight excluding hydrogens is 399 g/mol. The number of rotatable bonds is 10. The molecule has 0 radical (unpaired) electrons. The Balaban J connectivity index is 1.78. The van der Waals surface area contributed by atoms with Crippen molar-refractivity contribution in [2.24, 2.45) is 0 Å². The minimum Gasteiger partial charge on any atom is -0.424 e. The highest BCUT2D eigenvalue weighted by molar-refractivity contribution is 5.84. The number of halogens is 1. The highest BCUT2D eigenvalue weighted by atomic mass is 19.1. The van der Waals surface area contributed by atoms with Gasteiger partial charge in [-0.25, -0.2) is 9.18 Å². The maximum atomic E-state index is 14.6. The Bertz CT molecular complexity index is 1000. The Morgan fingerprint density at radius 2 is 1.34 bits per heavy atom. The predicted molar refractivity (Wildman–Crippen MR) is 131 cm³/mol. The van der Waals surface area contributed by atoms with Gasteiger partial charge in [0.25, 0.3) is 0 Å². The van der Waals surface area contributed by atoms with E-state index in [4.69, 9.17) is 4.74 Å². The number of hydrogen-bond acceptors (Lipinski definition) is 2. The minimum atomic E-state index is -1.97. The molecule has 1 atom stereocenters. The molecule has 0 aliphatic rings. The average Bonchev–Trinajstić information content (AvgIpc) is 2.82. The van der Waals surface area contributed by atoms with Gasteiger partial charge in [0.15, 0.2) is 0 Å². The molecule has 0 spiro atoms. The first kappa shape index (κ1) is 23.7. The van der Waals surface area contributed by atoms with Gasteiger partial charge in [0.2, 0.25) is 5.67 Å². The Morgan fingerprint density at radius 1 is 0.812 bits per heavy atom. The van der Waals surface area contributed by atoms with E-state index in [1.54, 1.807) is 12.1 Å². The summed E-state index contributed by atoms with van der Waals surface area (Å²) in [5.74, 6) is -0.473. The van der Waals surface area contributed by atoms with Crippen LogP contribution in [0.1, 0.15) is 58.4 Å². The Labute approximate surface area is 191 Å². The summed E-state index contributed by atoms with van der Waals surface area (Å²) in [7, 11) is 0. The summed E-state index contributed by atoms with van der Waals surface area (Å²) in [6.45, 7) is 5.47. The summed E-state index contributed by atoms with van der Waals surface area (Å²) in [6, 6.07) is 24.3. The van der Waals surface area contributed by atoms with E-state index in [0.29, 0.717) is 12.2 Å². The third-order valence-corrected chi connectivity index (χ3v) is 5.81. The summed E-state index contributed by atoms with van der Waals surface area (Å²) >= 11 is 0. The van der Waals surface area contributed by atoms with E-state index in [-0.39, 0.29) is 6.42 Å². The number of esters is 1. The molecule has 0 amide bonds. The summed E-state index contributed by atoms with van der Waals surface area (Å²) in [5.41, 5.74) is 3.83. The molecule has 3 aromatic carbocycles. The third kappa shape index (κ3) is 6.06. The van der Waals surface area contributed by atoms with Crippen LogP contribution in [-0.2, 0) is 11.2 Å². The summed E-state index contributed by atoms with van der Waals surface area (Å²) < 4.78 is 19.9. The highest BCUT2D eigenvalue weighted by Crippen LogP contribution is 2.33. The molecule has 32 heavy (non-hydrogen) atoms. The van der Waals surface area contributed by atoms with Crippen molar-refractivity contribution >= 4 is 5.97 Å². The highest BCUT2D eigenvalue weighted by Gasteiger charge is 2.34. The first-order valence-corrected chi connectivity index (χ1v) is 11.6. The Morgan fingerprint density at radius 3 is 1.88 bits per heavy atom. The lowest BCUT2D eigenvalue weighted by atomic mass is 9.93. The molecule has 0 aromatic heterocycles. The first-order chi connectivity index (χ1) is 15.4. The number of unbranched alkanes of at least 4 members (excludes halogenated alkanes) is 2. The number of aryl methyl sites for hydroxylation is 1. The van der Waals surface area contributed by atoms with Crippen LogP contribution >= 0.6 is 0 Å². The number of benzene rings is 3. The van der Waals surface area contributed by atoms with E-state index in [1.807, 2.05) is 31.2 Å². The second kappa shape index (κ2) is 11.1. The van der Waals surface area contributed by atoms with E-state index in [2.05, 4.69) is 43.3 Å². The fourth-order valence-corrected chi connectivity index (χ4v) is 3.75. The van der Waals surface area contributed by atoms with Crippen LogP contribution in [0.2, 0.25) is 0 Å². The Kier molecular flexibility index (Phi) is 8.21. The van der Waals surface area contributed by atoms with E-state index >= 15 is 0 Å². The average molecular weight is 433 g/mol. The van der Waals surface area contributed by atoms with E-state index < -0.39 is 11.6 Å². The summed E-state index contributed by atoms with van der Waals surface area (Å²) in [4.78, 5) is 12.2. The van der Waals surface area contributed by atoms with Gasteiger partial charge in [-0.2, -0.15) is 0 Å². The summed E-state index contributed by atoms with van der Waals surface area (Å²) in [6.07, 6.45) is 5.16. The SMILES string of the molecule is CCCCc1ccc(-c2ccccc2-c2ccc(OC(=O)C(C)(F)CCCC)cc2)cc1. The largest absolute Gasteiger partial charge is 0.424 e. The van der Waals surface area contributed by atoms with Crippen LogP contribution in [-0.4, -0.2) is 11.6 Å². The maximum absolute atomic E-state index is 14.6. The molecule has 0 heterocycles. The first-order valence-electron chi connectivity index (χ1n) is 11.6. The lowest BCUT2D eigenvalue weighted by Crippen LogP contribution is -2.34. The Hall–Kier alpha value is -2.94. The van der Waals surface area contributed by atoms with Gasteiger partial charge < -0.3 is 4.74 Å². The zero-order chi connectivity index (χ0) is 23.0. The fourth-order valence-electron chi connectivity index (χ4n) is 3.75. The van der Waals surface area contributed by atoms with Gasteiger partial charge >= 0.3 is 5.97 Å². The molecule has 2 nitrogen and oxygen atoms in total. The molecule has 0 bridgehead atoms. The number of alkyl halides is 1. The van der Waals surface area contributed by atoms with Crippen LogP contribution in [0.3, 0.4) is 0 Å². The molecule has 0 fully saturated rings. The van der Waals surface area contributed by atoms with Crippen molar-refractivity contribution in [2.75, 3.05) is 0 Å². The molecular formula is C29H33FO2. The van der Waals surface area contributed by atoms with E-state index in [0.717, 1.165) is 29.5 Å². The van der Waals surface area contributed by atoms with Gasteiger partial charge in [-0.05, 0) is 72.6 Å². The maximum Gasteiger partial charge on any atom is 0.348 e. The molecule has 0 saturated carbocycles. The van der Waals surface area contributed by atoms with Gasteiger partial charge in [-0.15, -0.1) is 0 Å². The number of hydrogen-bond donors (Lipinski definition) is 0. The van der Waals surface area contributed by atoms with Crippen molar-refractivity contribution in [1.29, 1.82) is 0 Å². The van der Waals surface area contributed by atoms with Crippen molar-refractivity contribution in [3.63, 3.8) is 0 Å².